The van der Waals surface area contributed by atoms with Crippen LogP contribution in [0.3, 0.4) is 0 Å². The molecule has 2 rings (SSSR count). The molecule has 0 aliphatic heterocycles. The molecule has 0 saturated heterocycles. The summed E-state index contributed by atoms with van der Waals surface area (Å²) < 4.78 is 13.4. The van der Waals surface area contributed by atoms with Crippen molar-refractivity contribution in [3.8, 4) is 0 Å². The maximum Gasteiger partial charge on any atom is 0.294 e. The van der Waals surface area contributed by atoms with Gasteiger partial charge in [0.15, 0.2) is 0 Å². The van der Waals surface area contributed by atoms with Gasteiger partial charge in [-0.25, -0.2) is 4.39 Å². The highest BCUT2D eigenvalue weighted by Gasteiger charge is 2.37. The molecule has 1 aromatic carbocycles. The first-order chi connectivity index (χ1) is 8.47. The average molecular weight is 275 g/mol. The quantitative estimate of drug-likeness (QED) is 0.654. The zero-order valence-corrected chi connectivity index (χ0v) is 10.2. The van der Waals surface area contributed by atoms with Crippen LogP contribution in [-0.2, 0) is 0 Å². The Bertz CT molecular complexity index is 486. The third-order valence-corrected chi connectivity index (χ3v) is 3.54. The summed E-state index contributed by atoms with van der Waals surface area (Å²) in [6.45, 7) is -0.144. The second-order valence-electron chi connectivity index (χ2n) is 4.46. The molecule has 0 spiro atoms. The molecular formula is C11H12ClFN2O3. The Balaban J connectivity index is 2.36. The molecule has 98 valence electrons. The van der Waals surface area contributed by atoms with E-state index in [9.17, 15) is 19.6 Å². The number of benzene rings is 1. The minimum absolute atomic E-state index is 0.0515. The highest BCUT2D eigenvalue weighted by atomic mass is 35.5. The summed E-state index contributed by atoms with van der Waals surface area (Å²) in [5.41, 5.74) is -0.817. The molecule has 2 N–H and O–H groups in total. The molecular weight excluding hydrogens is 263 g/mol. The molecule has 0 heterocycles. The number of nitro groups is 1. The second kappa shape index (κ2) is 4.70. The number of hydrogen-bond donors (Lipinski definition) is 2. The van der Waals surface area contributed by atoms with Gasteiger partial charge in [-0.2, -0.15) is 0 Å². The first-order valence-electron chi connectivity index (χ1n) is 5.50. The van der Waals surface area contributed by atoms with Crippen molar-refractivity contribution in [3.05, 3.63) is 33.1 Å². The van der Waals surface area contributed by atoms with E-state index in [2.05, 4.69) is 5.32 Å². The third-order valence-electron chi connectivity index (χ3n) is 3.25. The largest absolute Gasteiger partial charge is 0.394 e. The van der Waals surface area contributed by atoms with Gasteiger partial charge in [0.2, 0.25) is 0 Å². The van der Waals surface area contributed by atoms with Crippen molar-refractivity contribution in [2.75, 3.05) is 11.9 Å². The fourth-order valence-corrected chi connectivity index (χ4v) is 2.16. The molecule has 1 fully saturated rings. The number of hydrogen-bond acceptors (Lipinski definition) is 4. The number of aliphatic hydroxyl groups excluding tert-OH is 1. The van der Waals surface area contributed by atoms with Crippen LogP contribution in [0.4, 0.5) is 15.8 Å². The van der Waals surface area contributed by atoms with Crippen molar-refractivity contribution < 1.29 is 14.4 Å². The molecule has 1 aliphatic rings. The summed E-state index contributed by atoms with van der Waals surface area (Å²) in [7, 11) is 0. The Hall–Kier alpha value is -1.40. The minimum Gasteiger partial charge on any atom is -0.394 e. The minimum atomic E-state index is -0.725. The standard InChI is InChI=1S/C11H12ClFN2O3/c12-7-4-10(15(17)18)9(5-8(7)13)14-11(6-16)2-1-3-11/h4-5,14,16H,1-3,6H2. The van der Waals surface area contributed by atoms with Gasteiger partial charge < -0.3 is 10.4 Å². The van der Waals surface area contributed by atoms with Gasteiger partial charge in [-0.3, -0.25) is 10.1 Å². The van der Waals surface area contributed by atoms with E-state index >= 15 is 0 Å². The van der Waals surface area contributed by atoms with E-state index in [1.54, 1.807) is 0 Å². The maximum absolute atomic E-state index is 13.4. The van der Waals surface area contributed by atoms with Crippen LogP contribution in [0, 0.1) is 15.9 Å². The van der Waals surface area contributed by atoms with Crippen LogP contribution in [0.15, 0.2) is 12.1 Å². The number of nitrogens with one attached hydrogen (secondary N) is 1. The molecule has 1 aliphatic carbocycles. The molecule has 7 heteroatoms. The van der Waals surface area contributed by atoms with E-state index in [1.165, 1.54) is 0 Å². The van der Waals surface area contributed by atoms with Crippen LogP contribution in [0.2, 0.25) is 5.02 Å². The van der Waals surface area contributed by atoms with Crippen LogP contribution < -0.4 is 5.32 Å². The zero-order valence-electron chi connectivity index (χ0n) is 9.45. The van der Waals surface area contributed by atoms with Gasteiger partial charge >= 0.3 is 0 Å². The lowest BCUT2D eigenvalue weighted by molar-refractivity contribution is -0.384. The fraction of sp³-hybridized carbons (Fsp3) is 0.455. The Kier molecular flexibility index (Phi) is 3.41. The molecule has 1 aromatic rings. The highest BCUT2D eigenvalue weighted by Crippen LogP contribution is 2.39. The first kappa shape index (κ1) is 13.0. The van der Waals surface area contributed by atoms with Crippen molar-refractivity contribution in [2.45, 2.75) is 24.8 Å². The van der Waals surface area contributed by atoms with Gasteiger partial charge in [-0.15, -0.1) is 0 Å². The smallest absolute Gasteiger partial charge is 0.294 e. The number of rotatable bonds is 4. The summed E-state index contributed by atoms with van der Waals surface area (Å²) in [6, 6.07) is 1.97. The molecule has 1 saturated carbocycles. The van der Waals surface area contributed by atoms with E-state index in [0.717, 1.165) is 18.6 Å². The summed E-state index contributed by atoms with van der Waals surface area (Å²) in [6.07, 6.45) is 2.33. The van der Waals surface area contributed by atoms with Gasteiger partial charge in [0, 0.05) is 12.1 Å². The molecule has 0 unspecified atom stereocenters. The zero-order chi connectivity index (χ0) is 13.3. The van der Waals surface area contributed by atoms with E-state index in [0.29, 0.717) is 12.8 Å². The van der Waals surface area contributed by atoms with Crippen molar-refractivity contribution in [2.24, 2.45) is 0 Å². The molecule has 0 amide bonds. The second-order valence-corrected chi connectivity index (χ2v) is 4.86. The molecule has 0 aromatic heterocycles. The van der Waals surface area contributed by atoms with Gasteiger partial charge in [0.25, 0.3) is 5.69 Å². The summed E-state index contributed by atoms with van der Waals surface area (Å²) in [4.78, 5) is 10.3. The number of nitrogens with zero attached hydrogens (tertiary/aromatic N) is 1. The Morgan fingerprint density at radius 2 is 2.22 bits per heavy atom. The van der Waals surface area contributed by atoms with Crippen molar-refractivity contribution in [1.29, 1.82) is 0 Å². The number of nitro benzene ring substituents is 1. The van der Waals surface area contributed by atoms with E-state index < -0.39 is 16.3 Å². The summed E-state index contributed by atoms with van der Waals surface area (Å²) in [5.74, 6) is -0.725. The van der Waals surface area contributed by atoms with Crippen LogP contribution in [0.5, 0.6) is 0 Å². The van der Waals surface area contributed by atoms with E-state index in [4.69, 9.17) is 11.6 Å². The predicted octanol–water partition coefficient (Wildman–Crippen LogP) is 2.71. The molecule has 18 heavy (non-hydrogen) atoms. The van der Waals surface area contributed by atoms with Crippen molar-refractivity contribution in [3.63, 3.8) is 0 Å². The molecule has 5 nitrogen and oxygen atoms in total. The monoisotopic (exact) mass is 274 g/mol. The average Bonchev–Trinajstić information content (AvgIpc) is 2.27. The van der Waals surface area contributed by atoms with Gasteiger partial charge in [0.05, 0.1) is 22.1 Å². The topological polar surface area (TPSA) is 75.4 Å². The van der Waals surface area contributed by atoms with Crippen LogP contribution in [0.25, 0.3) is 0 Å². The van der Waals surface area contributed by atoms with Crippen LogP contribution in [0.1, 0.15) is 19.3 Å². The van der Waals surface area contributed by atoms with Gasteiger partial charge in [-0.05, 0) is 19.3 Å². The Morgan fingerprint density at radius 1 is 1.56 bits per heavy atom. The maximum atomic E-state index is 13.4. The number of anilines is 1. The lowest BCUT2D eigenvalue weighted by Crippen LogP contribution is -2.48. The highest BCUT2D eigenvalue weighted by molar-refractivity contribution is 6.31. The molecule has 0 atom stereocenters. The van der Waals surface area contributed by atoms with Crippen LogP contribution in [-0.4, -0.2) is 22.2 Å². The van der Waals surface area contributed by atoms with E-state index in [1.807, 2.05) is 0 Å². The third kappa shape index (κ3) is 2.26. The SMILES string of the molecule is O=[N+]([O-])c1cc(Cl)c(F)cc1NC1(CO)CCC1. The first-order valence-corrected chi connectivity index (χ1v) is 5.88. The number of halogens is 2. The van der Waals surface area contributed by atoms with Crippen molar-refractivity contribution >= 4 is 23.0 Å². The summed E-state index contributed by atoms with van der Waals surface area (Å²) in [5, 5.41) is 22.8. The Labute approximate surface area is 108 Å². The lowest BCUT2D eigenvalue weighted by atomic mass is 9.77. The van der Waals surface area contributed by atoms with Gasteiger partial charge in [0.1, 0.15) is 11.5 Å². The Morgan fingerprint density at radius 3 is 2.67 bits per heavy atom. The normalized spacial score (nSPS) is 17.1. The van der Waals surface area contributed by atoms with E-state index in [-0.39, 0.29) is 23.0 Å². The summed E-state index contributed by atoms with van der Waals surface area (Å²) >= 11 is 5.53. The van der Waals surface area contributed by atoms with Crippen LogP contribution >= 0.6 is 11.6 Å². The lowest BCUT2D eigenvalue weighted by Gasteiger charge is -2.41. The predicted molar refractivity (Wildman–Crippen MR) is 65.4 cm³/mol. The number of aliphatic hydroxyl groups is 1. The fourth-order valence-electron chi connectivity index (χ4n) is 2.00. The molecule has 0 radical (unpaired) electrons. The molecule has 0 bridgehead atoms. The van der Waals surface area contributed by atoms with Gasteiger partial charge in [-0.1, -0.05) is 11.6 Å². The van der Waals surface area contributed by atoms with Crippen molar-refractivity contribution in [1.82, 2.24) is 0 Å².